The van der Waals surface area contributed by atoms with E-state index in [9.17, 15) is 0 Å². The largest absolute Gasteiger partial charge is 0.368 e. The van der Waals surface area contributed by atoms with Crippen molar-refractivity contribution in [3.05, 3.63) is 48.6 Å². The highest BCUT2D eigenvalue weighted by Gasteiger charge is 2.55. The summed E-state index contributed by atoms with van der Waals surface area (Å²) in [5.41, 5.74) is 1.12. The van der Waals surface area contributed by atoms with Crippen molar-refractivity contribution in [1.82, 2.24) is 0 Å². The first-order valence-electron chi connectivity index (χ1n) is 9.39. The minimum absolute atomic E-state index is 0.151. The summed E-state index contributed by atoms with van der Waals surface area (Å²) in [4.78, 5) is 0. The lowest BCUT2D eigenvalue weighted by molar-refractivity contribution is -0.279. The zero-order valence-corrected chi connectivity index (χ0v) is 15.9. The van der Waals surface area contributed by atoms with E-state index in [4.69, 9.17) is 23.7 Å². The first kappa shape index (κ1) is 19.5. The van der Waals surface area contributed by atoms with Crippen molar-refractivity contribution in [2.75, 3.05) is 6.61 Å². The van der Waals surface area contributed by atoms with Crippen molar-refractivity contribution < 1.29 is 23.7 Å². The van der Waals surface area contributed by atoms with E-state index in [0.717, 1.165) is 18.4 Å². The number of hydrogen-bond donors (Lipinski definition) is 0. The molecule has 0 bridgehead atoms. The van der Waals surface area contributed by atoms with Crippen LogP contribution in [0.4, 0.5) is 0 Å². The molecule has 5 nitrogen and oxygen atoms in total. The quantitative estimate of drug-likeness (QED) is 0.520. The fourth-order valence-electron chi connectivity index (χ4n) is 3.47. The number of ether oxygens (including phenoxy) is 5. The van der Waals surface area contributed by atoms with E-state index in [1.807, 2.05) is 57.2 Å². The molecule has 0 amide bonds. The first-order valence-corrected chi connectivity index (χ1v) is 9.39. The molecule has 1 aromatic carbocycles. The van der Waals surface area contributed by atoms with Gasteiger partial charge in [0.2, 0.25) is 0 Å². The maximum absolute atomic E-state index is 6.18. The number of rotatable bonds is 8. The Labute approximate surface area is 156 Å². The predicted octanol–water partition coefficient (Wildman–Crippen LogP) is 3.82. The average Bonchev–Trinajstić information content (AvgIpc) is 2.94. The maximum Gasteiger partial charge on any atom is 0.186 e. The third-order valence-electron chi connectivity index (χ3n) is 4.69. The van der Waals surface area contributed by atoms with E-state index in [0.29, 0.717) is 13.2 Å². The van der Waals surface area contributed by atoms with E-state index in [1.165, 1.54) is 0 Å². The number of benzene rings is 1. The van der Waals surface area contributed by atoms with Gasteiger partial charge in [0, 0.05) is 0 Å². The SMILES string of the molecule is C=CCCCO[C@@H]1O[C@@H](C)[C@H](OCc2ccccc2)[C@H]2OC(C)(C)O[C@@H]12. The van der Waals surface area contributed by atoms with Gasteiger partial charge in [0.1, 0.15) is 18.3 Å². The van der Waals surface area contributed by atoms with Gasteiger partial charge in [-0.2, -0.15) is 0 Å². The summed E-state index contributed by atoms with van der Waals surface area (Å²) in [6, 6.07) is 10.1. The Bertz CT molecular complexity index is 573. The zero-order chi connectivity index (χ0) is 18.6. The Kier molecular flexibility index (Phi) is 6.48. The Morgan fingerprint density at radius 1 is 1.12 bits per heavy atom. The third kappa shape index (κ3) is 4.72. The van der Waals surface area contributed by atoms with Gasteiger partial charge in [0.25, 0.3) is 0 Å². The monoisotopic (exact) mass is 362 g/mol. The van der Waals surface area contributed by atoms with Gasteiger partial charge in [0.05, 0.1) is 19.3 Å². The van der Waals surface area contributed by atoms with Crippen LogP contribution in [0.3, 0.4) is 0 Å². The van der Waals surface area contributed by atoms with Crippen LogP contribution in [0, 0.1) is 0 Å². The number of hydrogen-bond acceptors (Lipinski definition) is 5. The van der Waals surface area contributed by atoms with Gasteiger partial charge in [-0.05, 0) is 39.2 Å². The number of unbranched alkanes of at least 4 members (excludes halogenated alkanes) is 1. The molecule has 2 saturated heterocycles. The van der Waals surface area contributed by atoms with Gasteiger partial charge >= 0.3 is 0 Å². The Balaban J connectivity index is 1.65. The number of fused-ring (bicyclic) bond motifs is 1. The van der Waals surface area contributed by atoms with Crippen molar-refractivity contribution in [3.8, 4) is 0 Å². The smallest absolute Gasteiger partial charge is 0.186 e. The van der Waals surface area contributed by atoms with Crippen LogP contribution >= 0.6 is 0 Å². The lowest BCUT2D eigenvalue weighted by Gasteiger charge is -2.40. The van der Waals surface area contributed by atoms with Gasteiger partial charge in [0.15, 0.2) is 12.1 Å². The molecule has 0 aromatic heterocycles. The summed E-state index contributed by atoms with van der Waals surface area (Å²) < 4.78 is 30.5. The highest BCUT2D eigenvalue weighted by atomic mass is 16.8. The van der Waals surface area contributed by atoms with E-state index < -0.39 is 12.1 Å². The molecule has 26 heavy (non-hydrogen) atoms. The van der Waals surface area contributed by atoms with Crippen LogP contribution in [0.1, 0.15) is 39.2 Å². The molecule has 5 heteroatoms. The molecule has 2 heterocycles. The number of allylic oxidation sites excluding steroid dienone is 1. The summed E-state index contributed by atoms with van der Waals surface area (Å²) in [6.45, 7) is 10.7. The van der Waals surface area contributed by atoms with Crippen molar-refractivity contribution in [3.63, 3.8) is 0 Å². The molecule has 2 aliphatic rings. The van der Waals surface area contributed by atoms with Crippen LogP contribution in [0.5, 0.6) is 0 Å². The maximum atomic E-state index is 6.18. The molecule has 0 saturated carbocycles. The van der Waals surface area contributed by atoms with Crippen molar-refractivity contribution in [2.24, 2.45) is 0 Å². The minimum Gasteiger partial charge on any atom is -0.368 e. The lowest BCUT2D eigenvalue weighted by Crippen LogP contribution is -2.56. The van der Waals surface area contributed by atoms with Gasteiger partial charge in [-0.3, -0.25) is 0 Å². The lowest BCUT2D eigenvalue weighted by atomic mass is 9.99. The Hall–Kier alpha value is -1.24. The van der Waals surface area contributed by atoms with Gasteiger partial charge in [-0.25, -0.2) is 0 Å². The van der Waals surface area contributed by atoms with Crippen LogP contribution in [0.15, 0.2) is 43.0 Å². The predicted molar refractivity (Wildman–Crippen MR) is 98.6 cm³/mol. The van der Waals surface area contributed by atoms with E-state index in [-0.39, 0.29) is 24.4 Å². The standard InChI is InChI=1S/C21H30O5/c1-5-6-10-13-22-20-19-18(25-21(3,4)26-19)17(15(2)24-20)23-14-16-11-8-7-9-12-16/h5,7-9,11-12,15,17-20H,1,6,10,13-14H2,2-4H3/t15-,17-,18+,19+,20+/m0/s1. The second kappa shape index (κ2) is 8.63. The van der Waals surface area contributed by atoms with E-state index in [1.54, 1.807) is 0 Å². The topological polar surface area (TPSA) is 46.2 Å². The summed E-state index contributed by atoms with van der Waals surface area (Å²) in [5, 5.41) is 0. The average molecular weight is 362 g/mol. The summed E-state index contributed by atoms with van der Waals surface area (Å²) in [5.74, 6) is -0.681. The Morgan fingerprint density at radius 3 is 2.58 bits per heavy atom. The highest BCUT2D eigenvalue weighted by molar-refractivity contribution is 5.13. The molecule has 2 fully saturated rings. The Morgan fingerprint density at radius 2 is 1.85 bits per heavy atom. The first-order chi connectivity index (χ1) is 12.5. The van der Waals surface area contributed by atoms with E-state index in [2.05, 4.69) is 6.58 Å². The van der Waals surface area contributed by atoms with Crippen LogP contribution in [0.2, 0.25) is 0 Å². The van der Waals surface area contributed by atoms with Crippen molar-refractivity contribution in [1.29, 1.82) is 0 Å². The van der Waals surface area contributed by atoms with Crippen LogP contribution in [0.25, 0.3) is 0 Å². The molecule has 2 aliphatic heterocycles. The fourth-order valence-corrected chi connectivity index (χ4v) is 3.47. The van der Waals surface area contributed by atoms with Gasteiger partial charge in [-0.1, -0.05) is 36.4 Å². The van der Waals surface area contributed by atoms with Crippen molar-refractivity contribution >= 4 is 0 Å². The molecule has 0 spiro atoms. The molecule has 5 atom stereocenters. The highest BCUT2D eigenvalue weighted by Crippen LogP contribution is 2.39. The summed E-state index contributed by atoms with van der Waals surface area (Å²) in [6.07, 6.45) is 2.39. The second-order valence-electron chi connectivity index (χ2n) is 7.34. The molecular weight excluding hydrogens is 332 g/mol. The minimum atomic E-state index is -0.681. The van der Waals surface area contributed by atoms with Crippen LogP contribution in [-0.4, -0.2) is 43.1 Å². The molecule has 0 radical (unpaired) electrons. The normalized spacial score (nSPS) is 33.0. The molecule has 3 rings (SSSR count). The summed E-state index contributed by atoms with van der Waals surface area (Å²) >= 11 is 0. The van der Waals surface area contributed by atoms with Crippen LogP contribution < -0.4 is 0 Å². The molecule has 0 unspecified atom stereocenters. The summed E-state index contributed by atoms with van der Waals surface area (Å²) in [7, 11) is 0. The van der Waals surface area contributed by atoms with Crippen LogP contribution in [-0.2, 0) is 30.3 Å². The van der Waals surface area contributed by atoms with Gasteiger partial charge in [-0.15, -0.1) is 6.58 Å². The molecule has 1 aromatic rings. The van der Waals surface area contributed by atoms with E-state index >= 15 is 0 Å². The molecule has 144 valence electrons. The van der Waals surface area contributed by atoms with Crippen molar-refractivity contribution in [2.45, 2.75) is 76.7 Å². The van der Waals surface area contributed by atoms with Gasteiger partial charge < -0.3 is 23.7 Å². The third-order valence-corrected chi connectivity index (χ3v) is 4.69. The zero-order valence-electron chi connectivity index (χ0n) is 15.9. The molecule has 0 N–H and O–H groups in total. The molecule has 0 aliphatic carbocycles. The molecular formula is C21H30O5. The fraction of sp³-hybridized carbons (Fsp3) is 0.619. The second-order valence-corrected chi connectivity index (χ2v) is 7.34.